The number of rotatable bonds is 6. The summed E-state index contributed by atoms with van der Waals surface area (Å²) in [5.74, 6) is -0.0990. The van der Waals surface area contributed by atoms with Gasteiger partial charge in [-0.1, -0.05) is 6.92 Å². The molecule has 4 heteroatoms. The van der Waals surface area contributed by atoms with Gasteiger partial charge in [0.2, 0.25) is 0 Å². The molecule has 1 saturated heterocycles. The minimum atomic E-state index is -0.375. The summed E-state index contributed by atoms with van der Waals surface area (Å²) in [6, 6.07) is 0.661. The Balaban J connectivity index is 2.24. The third-order valence-corrected chi connectivity index (χ3v) is 3.55. The van der Waals surface area contributed by atoms with E-state index in [0.29, 0.717) is 12.5 Å². The molecule has 0 amide bonds. The monoisotopic (exact) mass is 270 g/mol. The second kappa shape index (κ2) is 7.25. The molecule has 0 saturated carbocycles. The summed E-state index contributed by atoms with van der Waals surface area (Å²) in [5, 5.41) is 0. The van der Waals surface area contributed by atoms with Gasteiger partial charge in [-0.25, -0.2) is 0 Å². The number of hydrogen-bond donors (Lipinski definition) is 0. The second-order valence-electron chi connectivity index (χ2n) is 6.52. The van der Waals surface area contributed by atoms with Crippen LogP contribution in [0.3, 0.4) is 0 Å². The third-order valence-electron chi connectivity index (χ3n) is 3.55. The Morgan fingerprint density at radius 1 is 1.42 bits per heavy atom. The van der Waals surface area contributed by atoms with Crippen molar-refractivity contribution in [2.24, 2.45) is 0 Å². The Bertz CT molecular complexity index is 286. The third kappa shape index (κ3) is 6.39. The van der Waals surface area contributed by atoms with Gasteiger partial charge in [-0.05, 0) is 53.8 Å². The first-order valence-electron chi connectivity index (χ1n) is 7.46. The maximum atomic E-state index is 11.7. The molecule has 1 unspecified atom stereocenters. The molecule has 0 N–H and O–H groups in total. The average molecular weight is 270 g/mol. The van der Waals surface area contributed by atoms with Crippen molar-refractivity contribution in [2.75, 3.05) is 33.2 Å². The van der Waals surface area contributed by atoms with Gasteiger partial charge < -0.3 is 9.64 Å². The fourth-order valence-electron chi connectivity index (χ4n) is 2.64. The van der Waals surface area contributed by atoms with E-state index in [1.54, 1.807) is 0 Å². The van der Waals surface area contributed by atoms with Crippen LogP contribution in [0.25, 0.3) is 0 Å². The van der Waals surface area contributed by atoms with E-state index in [1.807, 2.05) is 20.8 Å². The van der Waals surface area contributed by atoms with Crippen molar-refractivity contribution in [3.05, 3.63) is 0 Å². The van der Waals surface area contributed by atoms with Gasteiger partial charge in [0.05, 0.1) is 6.42 Å². The van der Waals surface area contributed by atoms with E-state index < -0.39 is 0 Å². The topological polar surface area (TPSA) is 32.8 Å². The van der Waals surface area contributed by atoms with Crippen molar-refractivity contribution in [3.63, 3.8) is 0 Å². The molecular weight excluding hydrogens is 240 g/mol. The molecule has 0 bridgehead atoms. The van der Waals surface area contributed by atoms with Crippen LogP contribution in [0.15, 0.2) is 0 Å². The lowest BCUT2D eigenvalue weighted by Crippen LogP contribution is -2.39. The Morgan fingerprint density at radius 3 is 2.68 bits per heavy atom. The molecule has 0 spiro atoms. The average Bonchev–Trinajstić information content (AvgIpc) is 2.71. The van der Waals surface area contributed by atoms with Gasteiger partial charge in [0.1, 0.15) is 5.60 Å². The fourth-order valence-corrected chi connectivity index (χ4v) is 2.64. The standard InChI is InChI=1S/C15H30N2O2/c1-6-17-10-7-8-13(17)12-16(5)11-9-14(18)19-15(2,3)4/h13H,6-12H2,1-5H3. The van der Waals surface area contributed by atoms with Gasteiger partial charge >= 0.3 is 5.97 Å². The molecule has 0 aromatic rings. The quantitative estimate of drug-likeness (QED) is 0.692. The summed E-state index contributed by atoms with van der Waals surface area (Å²) in [4.78, 5) is 16.4. The van der Waals surface area contributed by atoms with E-state index in [2.05, 4.69) is 23.8 Å². The highest BCUT2D eigenvalue weighted by molar-refractivity contribution is 5.70. The van der Waals surface area contributed by atoms with Crippen molar-refractivity contribution in [1.82, 2.24) is 9.80 Å². The summed E-state index contributed by atoms with van der Waals surface area (Å²) in [6.07, 6.45) is 3.07. The van der Waals surface area contributed by atoms with Crippen LogP contribution in [-0.2, 0) is 9.53 Å². The predicted molar refractivity (Wildman–Crippen MR) is 78.2 cm³/mol. The lowest BCUT2D eigenvalue weighted by molar-refractivity contribution is -0.155. The van der Waals surface area contributed by atoms with Crippen LogP contribution in [0, 0.1) is 0 Å². The highest BCUT2D eigenvalue weighted by Gasteiger charge is 2.24. The van der Waals surface area contributed by atoms with Crippen LogP contribution in [0.2, 0.25) is 0 Å². The van der Waals surface area contributed by atoms with E-state index in [4.69, 9.17) is 4.74 Å². The maximum Gasteiger partial charge on any atom is 0.307 e. The summed E-state index contributed by atoms with van der Waals surface area (Å²) in [5.41, 5.74) is -0.375. The number of carbonyl (C=O) groups excluding carboxylic acids is 1. The molecule has 112 valence electrons. The van der Waals surface area contributed by atoms with E-state index in [9.17, 15) is 4.79 Å². The second-order valence-corrected chi connectivity index (χ2v) is 6.52. The summed E-state index contributed by atoms with van der Waals surface area (Å²) in [7, 11) is 2.09. The van der Waals surface area contributed by atoms with Crippen molar-refractivity contribution in [1.29, 1.82) is 0 Å². The van der Waals surface area contributed by atoms with Gasteiger partial charge in [0, 0.05) is 19.1 Å². The van der Waals surface area contributed by atoms with Gasteiger partial charge in [-0.15, -0.1) is 0 Å². The largest absolute Gasteiger partial charge is 0.460 e. The SMILES string of the molecule is CCN1CCCC1CN(C)CCC(=O)OC(C)(C)C. The number of ether oxygens (including phenoxy) is 1. The highest BCUT2D eigenvalue weighted by Crippen LogP contribution is 2.17. The van der Waals surface area contributed by atoms with Crippen LogP contribution in [0.1, 0.15) is 47.0 Å². The summed E-state index contributed by atoms with van der Waals surface area (Å²) >= 11 is 0. The van der Waals surface area contributed by atoms with Crippen LogP contribution in [-0.4, -0.2) is 60.6 Å². The Labute approximate surface area is 118 Å². The van der Waals surface area contributed by atoms with Gasteiger partial charge in [-0.2, -0.15) is 0 Å². The molecule has 1 rings (SSSR count). The zero-order chi connectivity index (χ0) is 14.5. The van der Waals surface area contributed by atoms with Crippen molar-refractivity contribution >= 4 is 5.97 Å². The van der Waals surface area contributed by atoms with Crippen molar-refractivity contribution in [3.8, 4) is 0 Å². The van der Waals surface area contributed by atoms with Gasteiger partial charge in [0.15, 0.2) is 0 Å². The Hall–Kier alpha value is -0.610. The number of carbonyl (C=O) groups is 1. The predicted octanol–water partition coefficient (Wildman–Crippen LogP) is 2.13. The molecule has 1 aliphatic rings. The van der Waals surface area contributed by atoms with E-state index in [-0.39, 0.29) is 11.6 Å². The minimum Gasteiger partial charge on any atom is -0.460 e. The number of likely N-dealkylation sites (N-methyl/N-ethyl adjacent to an activating group) is 2. The van der Waals surface area contributed by atoms with Crippen molar-refractivity contribution in [2.45, 2.75) is 58.6 Å². The molecule has 0 aromatic carbocycles. The van der Waals surface area contributed by atoms with E-state index in [0.717, 1.165) is 19.6 Å². The molecule has 19 heavy (non-hydrogen) atoms. The first-order valence-corrected chi connectivity index (χ1v) is 7.46. The van der Waals surface area contributed by atoms with Gasteiger partial charge in [0.25, 0.3) is 0 Å². The zero-order valence-electron chi connectivity index (χ0n) is 13.2. The molecule has 1 aliphatic heterocycles. The number of likely N-dealkylation sites (tertiary alicyclic amines) is 1. The fraction of sp³-hybridized carbons (Fsp3) is 0.933. The van der Waals surface area contributed by atoms with Crippen LogP contribution in [0.5, 0.6) is 0 Å². The van der Waals surface area contributed by atoms with Crippen molar-refractivity contribution < 1.29 is 9.53 Å². The van der Waals surface area contributed by atoms with E-state index in [1.165, 1.54) is 19.4 Å². The number of esters is 1. The van der Waals surface area contributed by atoms with Crippen LogP contribution in [0.4, 0.5) is 0 Å². The number of hydrogen-bond acceptors (Lipinski definition) is 4. The molecular formula is C15H30N2O2. The first kappa shape index (κ1) is 16.4. The lowest BCUT2D eigenvalue weighted by atomic mass is 10.2. The molecule has 0 aliphatic carbocycles. The van der Waals surface area contributed by atoms with E-state index >= 15 is 0 Å². The molecule has 1 fully saturated rings. The normalized spacial score (nSPS) is 21.1. The highest BCUT2D eigenvalue weighted by atomic mass is 16.6. The lowest BCUT2D eigenvalue weighted by Gasteiger charge is -2.28. The van der Waals surface area contributed by atoms with Crippen LogP contribution >= 0.6 is 0 Å². The maximum absolute atomic E-state index is 11.7. The number of nitrogens with zero attached hydrogens (tertiary/aromatic N) is 2. The Kier molecular flexibility index (Phi) is 6.27. The first-order chi connectivity index (χ1) is 8.81. The summed E-state index contributed by atoms with van der Waals surface area (Å²) < 4.78 is 5.32. The zero-order valence-corrected chi connectivity index (χ0v) is 13.2. The molecule has 1 atom stereocenters. The molecule has 0 radical (unpaired) electrons. The molecule has 1 heterocycles. The Morgan fingerprint density at radius 2 is 2.11 bits per heavy atom. The minimum absolute atomic E-state index is 0.0990. The van der Waals surface area contributed by atoms with Gasteiger partial charge in [-0.3, -0.25) is 9.69 Å². The molecule has 4 nitrogen and oxygen atoms in total. The smallest absolute Gasteiger partial charge is 0.307 e. The van der Waals surface area contributed by atoms with Crippen LogP contribution < -0.4 is 0 Å². The summed E-state index contributed by atoms with van der Waals surface area (Å²) in [6.45, 7) is 12.1. The molecule has 0 aromatic heterocycles.